The summed E-state index contributed by atoms with van der Waals surface area (Å²) in [5.41, 5.74) is 2.04. The van der Waals surface area contributed by atoms with Gasteiger partial charge in [-0.2, -0.15) is 13.2 Å². The van der Waals surface area contributed by atoms with E-state index in [1.54, 1.807) is 20.8 Å². The maximum Gasteiger partial charge on any atom is 0.471 e. The molecular weight excluding hydrogens is 481 g/mol. The summed E-state index contributed by atoms with van der Waals surface area (Å²) in [5, 5.41) is 8.28. The Hall–Kier alpha value is -3.67. The van der Waals surface area contributed by atoms with Crippen LogP contribution >= 0.6 is 0 Å². The number of carbonyl (C=O) groups is 4. The molecule has 0 saturated heterocycles. The minimum absolute atomic E-state index is 0.140. The van der Waals surface area contributed by atoms with Gasteiger partial charge in [0.25, 0.3) is 0 Å². The van der Waals surface area contributed by atoms with E-state index in [0.717, 1.165) is 16.3 Å². The topological polar surface area (TPSA) is 126 Å². The van der Waals surface area contributed by atoms with Crippen molar-refractivity contribution >= 4 is 34.4 Å². The molecule has 2 aromatic carbocycles. The van der Waals surface area contributed by atoms with Crippen molar-refractivity contribution in [2.24, 2.45) is 0 Å². The fourth-order valence-electron chi connectivity index (χ4n) is 3.05. The third kappa shape index (κ3) is 8.84. The number of amides is 4. The summed E-state index contributed by atoms with van der Waals surface area (Å²) in [6.07, 6.45) is -6.13. The number of halogens is 3. The van der Waals surface area contributed by atoms with Crippen LogP contribution in [-0.4, -0.2) is 47.5 Å². The lowest BCUT2D eigenvalue weighted by Crippen LogP contribution is -2.55. The van der Waals surface area contributed by atoms with Gasteiger partial charge in [-0.05, 0) is 44.0 Å². The molecule has 4 amide bonds. The van der Waals surface area contributed by atoms with Crippen LogP contribution in [0.15, 0.2) is 42.5 Å². The smallest absolute Gasteiger partial charge is 0.350 e. The molecule has 2 aromatic rings. The van der Waals surface area contributed by atoms with Gasteiger partial charge >= 0.3 is 12.1 Å². The predicted molar refractivity (Wildman–Crippen MR) is 125 cm³/mol. The van der Waals surface area contributed by atoms with Gasteiger partial charge in [0.05, 0.1) is 12.0 Å². The molecule has 0 aliphatic rings. The van der Waals surface area contributed by atoms with Crippen LogP contribution in [0.3, 0.4) is 0 Å². The molecule has 2 rings (SSSR count). The zero-order valence-electron chi connectivity index (χ0n) is 20.3. The molecule has 36 heavy (non-hydrogen) atoms. The molecule has 2 unspecified atom stereocenters. The van der Waals surface area contributed by atoms with Gasteiger partial charge in [0.2, 0.25) is 17.7 Å². The zero-order chi connectivity index (χ0) is 27.1. The van der Waals surface area contributed by atoms with Crippen LogP contribution in [0.5, 0.6) is 0 Å². The van der Waals surface area contributed by atoms with E-state index in [1.165, 1.54) is 12.2 Å². The quantitative estimate of drug-likeness (QED) is 0.385. The third-order valence-corrected chi connectivity index (χ3v) is 4.82. The number of hydrogen-bond donors (Lipinski definition) is 4. The molecule has 196 valence electrons. The summed E-state index contributed by atoms with van der Waals surface area (Å²) in [5.74, 6) is -5.11. The minimum atomic E-state index is -5.28. The molecule has 0 fully saturated rings. The third-order valence-electron chi connectivity index (χ3n) is 4.82. The van der Waals surface area contributed by atoms with Gasteiger partial charge in [-0.3, -0.25) is 24.0 Å². The van der Waals surface area contributed by atoms with Gasteiger partial charge in [0.1, 0.15) is 12.1 Å². The number of hydrogen-bond acceptors (Lipinski definition) is 5. The molecular formula is C24H29F3N4O5. The number of benzene rings is 2. The number of nitrogens with one attached hydrogen (secondary N) is 4. The monoisotopic (exact) mass is 510 g/mol. The van der Waals surface area contributed by atoms with Crippen molar-refractivity contribution in [2.45, 2.75) is 64.5 Å². The minimum Gasteiger partial charge on any atom is -0.350 e. The van der Waals surface area contributed by atoms with Crippen LogP contribution in [0.1, 0.15) is 39.7 Å². The summed E-state index contributed by atoms with van der Waals surface area (Å²) in [6.45, 7) is 6.30. The van der Waals surface area contributed by atoms with E-state index in [9.17, 15) is 32.3 Å². The van der Waals surface area contributed by atoms with Crippen LogP contribution in [0, 0.1) is 0 Å². The Bertz CT molecular complexity index is 1110. The fraction of sp³-hybridized carbons (Fsp3) is 0.417. The zero-order valence-corrected chi connectivity index (χ0v) is 20.3. The summed E-state index contributed by atoms with van der Waals surface area (Å²) in [4.78, 5) is 53.7. The van der Waals surface area contributed by atoms with E-state index < -0.39 is 53.9 Å². The first-order chi connectivity index (χ1) is 16.7. The van der Waals surface area contributed by atoms with Gasteiger partial charge in [-0.25, -0.2) is 5.48 Å². The second-order valence-electron chi connectivity index (χ2n) is 9.05. The Morgan fingerprint density at radius 1 is 0.917 bits per heavy atom. The summed E-state index contributed by atoms with van der Waals surface area (Å²) in [7, 11) is 0. The van der Waals surface area contributed by atoms with E-state index in [-0.39, 0.29) is 6.54 Å². The lowest BCUT2D eigenvalue weighted by Gasteiger charge is -2.23. The molecule has 2 atom stereocenters. The number of hydroxylamine groups is 1. The maximum absolute atomic E-state index is 12.7. The van der Waals surface area contributed by atoms with Gasteiger partial charge in [-0.1, -0.05) is 42.5 Å². The molecule has 0 aliphatic carbocycles. The Labute approximate surface area is 206 Å². The second-order valence-corrected chi connectivity index (χ2v) is 9.05. The summed E-state index contributed by atoms with van der Waals surface area (Å²) < 4.78 is 38.2. The van der Waals surface area contributed by atoms with Gasteiger partial charge < -0.3 is 16.0 Å². The van der Waals surface area contributed by atoms with Crippen molar-refractivity contribution in [2.75, 3.05) is 0 Å². The fourth-order valence-corrected chi connectivity index (χ4v) is 3.05. The average Bonchev–Trinajstić information content (AvgIpc) is 2.79. The Morgan fingerprint density at radius 3 is 2.19 bits per heavy atom. The molecule has 0 radical (unpaired) electrons. The Morgan fingerprint density at radius 2 is 1.56 bits per heavy atom. The molecule has 0 aromatic heterocycles. The van der Waals surface area contributed by atoms with E-state index >= 15 is 0 Å². The molecule has 0 heterocycles. The van der Waals surface area contributed by atoms with Crippen molar-refractivity contribution < 1.29 is 37.2 Å². The molecule has 0 bridgehead atoms. The van der Waals surface area contributed by atoms with Crippen molar-refractivity contribution in [3.8, 4) is 0 Å². The van der Waals surface area contributed by atoms with Gasteiger partial charge in [0.15, 0.2) is 0 Å². The van der Waals surface area contributed by atoms with E-state index in [1.807, 2.05) is 47.9 Å². The Balaban J connectivity index is 2.03. The molecule has 0 spiro atoms. The highest BCUT2D eigenvalue weighted by atomic mass is 19.4. The first-order valence-electron chi connectivity index (χ1n) is 11.1. The normalized spacial score (nSPS) is 13.4. The van der Waals surface area contributed by atoms with Crippen molar-refractivity contribution in [1.29, 1.82) is 0 Å². The van der Waals surface area contributed by atoms with Crippen LogP contribution in [0.2, 0.25) is 0 Å². The lowest BCUT2D eigenvalue weighted by atomic mass is 10.0. The van der Waals surface area contributed by atoms with E-state index in [2.05, 4.69) is 10.6 Å². The molecule has 12 heteroatoms. The molecule has 0 aliphatic heterocycles. The van der Waals surface area contributed by atoms with Crippen LogP contribution < -0.4 is 21.4 Å². The largest absolute Gasteiger partial charge is 0.471 e. The molecule has 4 N–H and O–H groups in total. The molecule has 9 nitrogen and oxygen atoms in total. The first kappa shape index (κ1) is 28.6. The number of fused-ring (bicyclic) bond motifs is 1. The second kappa shape index (κ2) is 11.8. The van der Waals surface area contributed by atoms with E-state index in [4.69, 9.17) is 4.84 Å². The highest BCUT2D eigenvalue weighted by Crippen LogP contribution is 2.18. The summed E-state index contributed by atoms with van der Waals surface area (Å²) >= 11 is 0. The van der Waals surface area contributed by atoms with Crippen molar-refractivity contribution in [1.82, 2.24) is 21.4 Å². The van der Waals surface area contributed by atoms with Gasteiger partial charge in [-0.15, -0.1) is 0 Å². The number of rotatable bonds is 9. The highest BCUT2D eigenvalue weighted by Gasteiger charge is 2.41. The number of alkyl halides is 3. The number of carbonyl (C=O) groups excluding carboxylic acids is 4. The summed E-state index contributed by atoms with van der Waals surface area (Å²) in [6, 6.07) is 10.0. The van der Waals surface area contributed by atoms with Crippen LogP contribution in [0.25, 0.3) is 10.8 Å². The van der Waals surface area contributed by atoms with E-state index in [0.29, 0.717) is 0 Å². The predicted octanol–water partition coefficient (Wildman–Crippen LogP) is 2.24. The van der Waals surface area contributed by atoms with Crippen LogP contribution in [0.4, 0.5) is 13.2 Å². The molecule has 0 saturated carbocycles. The lowest BCUT2D eigenvalue weighted by molar-refractivity contribution is -0.175. The Kier molecular flexibility index (Phi) is 9.40. The van der Waals surface area contributed by atoms with Crippen molar-refractivity contribution in [3.05, 3.63) is 48.0 Å². The SMILES string of the molecule is CC(NC(=O)C(CC(=O)NOC(C)(C)C)NC(=O)C(F)(F)F)C(=O)NCc1cccc2ccccc12. The average molecular weight is 511 g/mol. The van der Waals surface area contributed by atoms with Crippen LogP contribution in [-0.2, 0) is 30.6 Å². The highest BCUT2D eigenvalue weighted by molar-refractivity contribution is 5.95. The first-order valence-corrected chi connectivity index (χ1v) is 11.1. The van der Waals surface area contributed by atoms with Crippen molar-refractivity contribution in [3.63, 3.8) is 0 Å². The maximum atomic E-state index is 12.7. The van der Waals surface area contributed by atoms with Gasteiger partial charge in [0, 0.05) is 6.54 Å². The standard InChI is InChI=1S/C24H29F3N4O5/c1-14(20(33)28-13-16-10-7-9-15-8-5-6-11-17(15)16)29-21(34)18(30-22(35)24(25,26)27)12-19(32)31-36-23(2,3)4/h5-11,14,18H,12-13H2,1-4H3,(H,28,33)(H,29,34)(H,30,35)(H,31,32).